The van der Waals surface area contributed by atoms with Crippen LogP contribution in [0.25, 0.3) is 0 Å². The van der Waals surface area contributed by atoms with Crippen molar-refractivity contribution in [3.8, 4) is 5.75 Å². The van der Waals surface area contributed by atoms with Crippen LogP contribution in [0.15, 0.2) is 12.1 Å². The van der Waals surface area contributed by atoms with E-state index in [1.165, 1.54) is 6.07 Å². The normalized spacial score (nSPS) is 10.2. The topological polar surface area (TPSA) is 60.7 Å². The second-order valence-corrected chi connectivity index (χ2v) is 3.55. The maximum absolute atomic E-state index is 9.26. The van der Waals surface area contributed by atoms with E-state index in [-0.39, 0.29) is 19.0 Å². The molecule has 0 bridgehead atoms. The number of hydrogen-bond donors (Lipinski definition) is 3. The molecule has 0 fully saturated rings. The average Bonchev–Trinajstić information content (AvgIpc) is 2.05. The second-order valence-electron chi connectivity index (χ2n) is 2.39. The van der Waals surface area contributed by atoms with E-state index in [0.29, 0.717) is 5.56 Å². The Balaban J connectivity index is 3.18. The van der Waals surface area contributed by atoms with Crippen LogP contribution in [-0.4, -0.2) is 15.3 Å². The van der Waals surface area contributed by atoms with Gasteiger partial charge in [0.2, 0.25) is 0 Å². The fraction of sp³-hybridized carbons (Fsp3) is 0.250. The van der Waals surface area contributed by atoms with Crippen LogP contribution < -0.4 is 0 Å². The minimum Gasteiger partial charge on any atom is -0.508 e. The highest BCUT2D eigenvalue weighted by atomic mass is 127. The fourth-order valence-corrected chi connectivity index (χ4v) is 1.53. The minimum absolute atomic E-state index is 0.0686. The van der Waals surface area contributed by atoms with Crippen molar-refractivity contribution < 1.29 is 15.3 Å². The summed E-state index contributed by atoms with van der Waals surface area (Å²) in [4.78, 5) is 0. The average molecular weight is 280 g/mol. The third-order valence-electron chi connectivity index (χ3n) is 1.59. The van der Waals surface area contributed by atoms with Crippen molar-refractivity contribution in [1.29, 1.82) is 0 Å². The van der Waals surface area contributed by atoms with Gasteiger partial charge in [-0.15, -0.1) is 0 Å². The summed E-state index contributed by atoms with van der Waals surface area (Å²) in [6.45, 7) is -0.290. The van der Waals surface area contributed by atoms with Gasteiger partial charge in [-0.05, 0) is 40.3 Å². The van der Waals surface area contributed by atoms with Crippen LogP contribution in [0, 0.1) is 3.57 Å². The number of benzene rings is 1. The van der Waals surface area contributed by atoms with Crippen molar-refractivity contribution in [3.63, 3.8) is 0 Å². The molecule has 0 amide bonds. The van der Waals surface area contributed by atoms with E-state index in [0.717, 1.165) is 9.13 Å². The lowest BCUT2D eigenvalue weighted by atomic mass is 10.1. The number of phenols is 1. The molecule has 0 aliphatic heterocycles. The molecule has 4 heteroatoms. The summed E-state index contributed by atoms with van der Waals surface area (Å²) >= 11 is 2.02. The molecule has 0 heterocycles. The van der Waals surface area contributed by atoms with E-state index in [4.69, 9.17) is 10.2 Å². The van der Waals surface area contributed by atoms with Gasteiger partial charge in [0, 0.05) is 9.13 Å². The molecule has 0 aliphatic rings. The number of aliphatic hydroxyl groups is 2. The first-order valence-electron chi connectivity index (χ1n) is 3.41. The Labute approximate surface area is 83.8 Å². The molecule has 0 saturated carbocycles. The maximum atomic E-state index is 9.26. The predicted molar refractivity (Wildman–Crippen MR) is 52.7 cm³/mol. The van der Waals surface area contributed by atoms with Gasteiger partial charge in [-0.2, -0.15) is 0 Å². The number of halogens is 1. The summed E-state index contributed by atoms with van der Waals surface area (Å²) in [6, 6.07) is 3.12. The molecular formula is C8H9IO3. The molecule has 3 nitrogen and oxygen atoms in total. The van der Waals surface area contributed by atoms with Crippen molar-refractivity contribution in [2.24, 2.45) is 0 Å². The smallest absolute Gasteiger partial charge is 0.122 e. The highest BCUT2D eigenvalue weighted by Gasteiger charge is 2.05. The standard InChI is InChI=1S/C8H9IO3/c9-7-2-8(12)6(4-11)1-5(7)3-10/h1-2,10-12H,3-4H2. The Morgan fingerprint density at radius 3 is 2.17 bits per heavy atom. The first-order chi connectivity index (χ1) is 5.69. The lowest BCUT2D eigenvalue weighted by molar-refractivity contribution is 0.270. The van der Waals surface area contributed by atoms with Crippen molar-refractivity contribution in [3.05, 3.63) is 26.8 Å². The summed E-state index contributed by atoms with van der Waals surface area (Å²) in [5.74, 6) is 0.0686. The number of aliphatic hydroxyl groups excluding tert-OH is 2. The number of rotatable bonds is 2. The van der Waals surface area contributed by atoms with Crippen LogP contribution in [0.5, 0.6) is 5.75 Å². The van der Waals surface area contributed by atoms with E-state index in [1.807, 2.05) is 22.6 Å². The summed E-state index contributed by atoms with van der Waals surface area (Å²) in [6.07, 6.45) is 0. The highest BCUT2D eigenvalue weighted by molar-refractivity contribution is 14.1. The van der Waals surface area contributed by atoms with Crippen LogP contribution in [0.1, 0.15) is 11.1 Å². The molecule has 0 unspecified atom stereocenters. The van der Waals surface area contributed by atoms with Gasteiger partial charge in [-0.25, -0.2) is 0 Å². The van der Waals surface area contributed by atoms with Crippen molar-refractivity contribution in [1.82, 2.24) is 0 Å². The SMILES string of the molecule is OCc1cc(CO)c(I)cc1O. The third-order valence-corrected chi connectivity index (χ3v) is 2.59. The molecule has 0 atom stereocenters. The van der Waals surface area contributed by atoms with Gasteiger partial charge in [0.1, 0.15) is 5.75 Å². The van der Waals surface area contributed by atoms with Gasteiger partial charge in [-0.1, -0.05) is 0 Å². The summed E-state index contributed by atoms with van der Waals surface area (Å²) < 4.78 is 0.796. The lowest BCUT2D eigenvalue weighted by Crippen LogP contribution is -1.92. The van der Waals surface area contributed by atoms with Crippen molar-refractivity contribution in [2.45, 2.75) is 13.2 Å². The summed E-state index contributed by atoms with van der Waals surface area (Å²) in [5, 5.41) is 26.9. The minimum atomic E-state index is -0.213. The second kappa shape index (κ2) is 4.06. The van der Waals surface area contributed by atoms with Crippen molar-refractivity contribution >= 4 is 22.6 Å². The molecular weight excluding hydrogens is 271 g/mol. The molecule has 1 rings (SSSR count). The molecule has 0 aliphatic carbocycles. The van der Waals surface area contributed by atoms with Crippen LogP contribution in [-0.2, 0) is 13.2 Å². The third kappa shape index (κ3) is 1.88. The highest BCUT2D eigenvalue weighted by Crippen LogP contribution is 2.23. The molecule has 1 aromatic carbocycles. The van der Waals surface area contributed by atoms with Gasteiger partial charge < -0.3 is 15.3 Å². The maximum Gasteiger partial charge on any atom is 0.122 e. The van der Waals surface area contributed by atoms with Gasteiger partial charge in [0.05, 0.1) is 13.2 Å². The molecule has 1 aromatic rings. The van der Waals surface area contributed by atoms with Gasteiger partial charge in [-0.3, -0.25) is 0 Å². The molecule has 12 heavy (non-hydrogen) atoms. The molecule has 66 valence electrons. The zero-order valence-corrected chi connectivity index (χ0v) is 8.45. The molecule has 0 aromatic heterocycles. The Hall–Kier alpha value is -0.330. The Morgan fingerprint density at radius 1 is 1.08 bits per heavy atom. The Morgan fingerprint density at radius 2 is 1.67 bits per heavy atom. The first kappa shape index (κ1) is 9.76. The zero-order valence-electron chi connectivity index (χ0n) is 6.29. The van der Waals surface area contributed by atoms with Crippen LogP contribution in [0.2, 0.25) is 0 Å². The monoisotopic (exact) mass is 280 g/mol. The van der Waals surface area contributed by atoms with E-state index in [1.54, 1.807) is 6.07 Å². The van der Waals surface area contributed by atoms with Crippen LogP contribution in [0.3, 0.4) is 0 Å². The predicted octanol–water partition coefficient (Wildman–Crippen LogP) is 0.981. The quantitative estimate of drug-likeness (QED) is 0.708. The van der Waals surface area contributed by atoms with Gasteiger partial charge >= 0.3 is 0 Å². The van der Waals surface area contributed by atoms with Crippen LogP contribution >= 0.6 is 22.6 Å². The van der Waals surface area contributed by atoms with E-state index < -0.39 is 0 Å². The Kier molecular flexibility index (Phi) is 3.30. The lowest BCUT2D eigenvalue weighted by Gasteiger charge is -2.05. The largest absolute Gasteiger partial charge is 0.508 e. The zero-order chi connectivity index (χ0) is 9.14. The Bertz CT molecular complexity index is 261. The van der Waals surface area contributed by atoms with E-state index in [2.05, 4.69) is 0 Å². The van der Waals surface area contributed by atoms with E-state index in [9.17, 15) is 5.11 Å². The van der Waals surface area contributed by atoms with E-state index >= 15 is 0 Å². The summed E-state index contributed by atoms with van der Waals surface area (Å²) in [5.41, 5.74) is 1.16. The van der Waals surface area contributed by atoms with Gasteiger partial charge in [0.15, 0.2) is 0 Å². The fourth-order valence-electron chi connectivity index (χ4n) is 0.906. The van der Waals surface area contributed by atoms with Crippen molar-refractivity contribution in [2.75, 3.05) is 0 Å². The molecule has 0 spiro atoms. The molecule has 0 radical (unpaired) electrons. The van der Waals surface area contributed by atoms with Crippen LogP contribution in [0.4, 0.5) is 0 Å². The first-order valence-corrected chi connectivity index (χ1v) is 4.49. The molecule has 0 saturated heterocycles. The molecule has 3 N–H and O–H groups in total. The number of aromatic hydroxyl groups is 1. The summed E-state index contributed by atoms with van der Waals surface area (Å²) in [7, 11) is 0. The van der Waals surface area contributed by atoms with Gasteiger partial charge in [0.25, 0.3) is 0 Å². The number of hydrogen-bond acceptors (Lipinski definition) is 3.